The van der Waals surface area contributed by atoms with E-state index < -0.39 is 0 Å². The largest absolute Gasteiger partial charge is 0.456 e. The number of hydrogen-bond donors (Lipinski definition) is 0. The highest BCUT2D eigenvalue weighted by molar-refractivity contribution is 6.17. The summed E-state index contributed by atoms with van der Waals surface area (Å²) >= 11 is 0. The Balaban J connectivity index is 1.34. The quantitative estimate of drug-likeness (QED) is 0.214. The molecule has 44 heavy (non-hydrogen) atoms. The Morgan fingerprint density at radius 1 is 0.432 bits per heavy atom. The molecule has 4 heteroatoms. The third kappa shape index (κ3) is 3.85. The van der Waals surface area contributed by atoms with Gasteiger partial charge in [0.25, 0.3) is 0 Å². The van der Waals surface area contributed by atoms with Crippen LogP contribution in [0.3, 0.4) is 0 Å². The van der Waals surface area contributed by atoms with Crippen molar-refractivity contribution < 1.29 is 4.42 Å². The number of nitrogens with zero attached hydrogens (tertiary/aromatic N) is 3. The molecular formula is C40H25N3O. The Kier molecular flexibility index (Phi) is 5.47. The molecule has 0 fully saturated rings. The fraction of sp³-hybridized carbons (Fsp3) is 0. The van der Waals surface area contributed by atoms with Gasteiger partial charge < -0.3 is 8.98 Å². The van der Waals surface area contributed by atoms with E-state index in [1.165, 1.54) is 10.8 Å². The van der Waals surface area contributed by atoms with Crippen molar-refractivity contribution in [3.05, 3.63) is 152 Å². The highest BCUT2D eigenvalue weighted by atomic mass is 16.3. The molecular weight excluding hydrogens is 538 g/mol. The fourth-order valence-electron chi connectivity index (χ4n) is 6.39. The van der Waals surface area contributed by atoms with Crippen molar-refractivity contribution >= 4 is 43.7 Å². The van der Waals surface area contributed by atoms with Crippen molar-refractivity contribution in [3.63, 3.8) is 0 Å². The van der Waals surface area contributed by atoms with Crippen LogP contribution in [0.5, 0.6) is 0 Å². The van der Waals surface area contributed by atoms with E-state index in [2.05, 4.69) is 108 Å². The number of hydrogen-bond acceptors (Lipinski definition) is 3. The first-order chi connectivity index (χ1) is 21.8. The molecule has 0 amide bonds. The van der Waals surface area contributed by atoms with Gasteiger partial charge in [-0.15, -0.1) is 0 Å². The van der Waals surface area contributed by atoms with Gasteiger partial charge in [0.1, 0.15) is 11.2 Å². The predicted octanol–water partition coefficient (Wildman–Crippen LogP) is 10.5. The van der Waals surface area contributed by atoms with Crippen LogP contribution in [0.1, 0.15) is 0 Å². The molecule has 4 nitrogen and oxygen atoms in total. The number of benzene rings is 6. The van der Waals surface area contributed by atoms with E-state index in [9.17, 15) is 0 Å². The average Bonchev–Trinajstić information content (AvgIpc) is 3.62. The summed E-state index contributed by atoms with van der Waals surface area (Å²) in [6.45, 7) is 0. The molecule has 0 atom stereocenters. The summed E-state index contributed by atoms with van der Waals surface area (Å²) in [7, 11) is 0. The molecule has 206 valence electrons. The van der Waals surface area contributed by atoms with E-state index in [0.717, 1.165) is 66.7 Å². The topological polar surface area (TPSA) is 43.9 Å². The molecule has 9 rings (SSSR count). The fourth-order valence-corrected chi connectivity index (χ4v) is 6.39. The second kappa shape index (κ2) is 9.79. The maximum absolute atomic E-state index is 6.35. The Morgan fingerprint density at radius 3 is 1.80 bits per heavy atom. The standard InChI is InChI=1S/C40H25N3O/c1-3-13-26(14-4-1)33-24-34(27-15-5-2-6-16-27)42-40(41-33)30-19-8-11-21-36(30)43-35-20-10-7-17-28(35)31-23-32-29-18-9-12-22-38(29)44-39(32)25-37(31)43/h1-25H. The van der Waals surface area contributed by atoms with Gasteiger partial charge in [0.05, 0.1) is 28.1 Å². The maximum atomic E-state index is 6.35. The van der Waals surface area contributed by atoms with Gasteiger partial charge in [0, 0.05) is 44.3 Å². The predicted molar refractivity (Wildman–Crippen MR) is 180 cm³/mol. The van der Waals surface area contributed by atoms with E-state index in [-0.39, 0.29) is 0 Å². The molecule has 0 bridgehead atoms. The van der Waals surface area contributed by atoms with Crippen LogP contribution < -0.4 is 0 Å². The lowest BCUT2D eigenvalue weighted by Crippen LogP contribution is -2.01. The second-order valence-corrected chi connectivity index (χ2v) is 11.0. The SMILES string of the molecule is c1ccc(-c2cc(-c3ccccc3)nc(-c3ccccc3-n3c4ccccc4c4cc5c(cc43)oc3ccccc35)n2)cc1. The molecule has 3 heterocycles. The van der Waals surface area contributed by atoms with Crippen LogP contribution in [0.25, 0.3) is 83.3 Å². The molecule has 0 aliphatic carbocycles. The molecule has 6 aromatic carbocycles. The van der Waals surface area contributed by atoms with Crippen LogP contribution in [0.4, 0.5) is 0 Å². The third-order valence-corrected chi connectivity index (χ3v) is 8.42. The normalized spacial score (nSPS) is 11.6. The smallest absolute Gasteiger partial charge is 0.162 e. The summed E-state index contributed by atoms with van der Waals surface area (Å²) in [6.07, 6.45) is 0. The zero-order chi connectivity index (χ0) is 29.0. The van der Waals surface area contributed by atoms with Crippen LogP contribution in [0.2, 0.25) is 0 Å². The zero-order valence-electron chi connectivity index (χ0n) is 23.7. The minimum absolute atomic E-state index is 0.677. The van der Waals surface area contributed by atoms with Crippen LogP contribution in [0.15, 0.2) is 156 Å². The van der Waals surface area contributed by atoms with Crippen molar-refractivity contribution in [1.29, 1.82) is 0 Å². The lowest BCUT2D eigenvalue weighted by Gasteiger charge is -2.15. The van der Waals surface area contributed by atoms with Crippen LogP contribution >= 0.6 is 0 Å². The first kappa shape index (κ1) is 24.6. The molecule has 0 aliphatic rings. The van der Waals surface area contributed by atoms with E-state index in [4.69, 9.17) is 14.4 Å². The van der Waals surface area contributed by atoms with Gasteiger partial charge in [-0.1, -0.05) is 109 Å². The second-order valence-electron chi connectivity index (χ2n) is 11.0. The summed E-state index contributed by atoms with van der Waals surface area (Å²) in [5.74, 6) is 0.677. The first-order valence-electron chi connectivity index (χ1n) is 14.8. The molecule has 0 saturated carbocycles. The van der Waals surface area contributed by atoms with Gasteiger partial charge in [-0.3, -0.25) is 0 Å². The Morgan fingerprint density at radius 2 is 1.05 bits per heavy atom. The van der Waals surface area contributed by atoms with E-state index in [1.807, 2.05) is 48.5 Å². The van der Waals surface area contributed by atoms with Crippen LogP contribution in [-0.2, 0) is 0 Å². The first-order valence-corrected chi connectivity index (χ1v) is 14.8. The highest BCUT2D eigenvalue weighted by Crippen LogP contribution is 2.40. The van der Waals surface area contributed by atoms with Gasteiger partial charge >= 0.3 is 0 Å². The number of furan rings is 1. The van der Waals surface area contributed by atoms with Crippen molar-refractivity contribution in [3.8, 4) is 39.6 Å². The average molecular weight is 564 g/mol. The number of aromatic nitrogens is 3. The van der Waals surface area contributed by atoms with Crippen LogP contribution in [-0.4, -0.2) is 14.5 Å². The number of para-hydroxylation sites is 3. The molecule has 0 spiro atoms. The van der Waals surface area contributed by atoms with Gasteiger partial charge in [-0.05, 0) is 36.4 Å². The Labute approximate surface area is 253 Å². The molecule has 0 radical (unpaired) electrons. The third-order valence-electron chi connectivity index (χ3n) is 8.42. The summed E-state index contributed by atoms with van der Waals surface area (Å²) < 4.78 is 8.68. The molecule has 0 aliphatic heterocycles. The van der Waals surface area contributed by atoms with Gasteiger partial charge in [-0.25, -0.2) is 9.97 Å². The molecule has 3 aromatic heterocycles. The number of fused-ring (bicyclic) bond motifs is 6. The minimum Gasteiger partial charge on any atom is -0.456 e. The summed E-state index contributed by atoms with van der Waals surface area (Å²) in [6, 6.07) is 52.4. The molecule has 9 aromatic rings. The maximum Gasteiger partial charge on any atom is 0.162 e. The zero-order valence-corrected chi connectivity index (χ0v) is 23.7. The van der Waals surface area contributed by atoms with E-state index in [0.29, 0.717) is 5.82 Å². The Bertz CT molecular complexity index is 2430. The minimum atomic E-state index is 0.677. The van der Waals surface area contributed by atoms with Gasteiger partial charge in [-0.2, -0.15) is 0 Å². The van der Waals surface area contributed by atoms with Crippen molar-refractivity contribution in [1.82, 2.24) is 14.5 Å². The van der Waals surface area contributed by atoms with Crippen LogP contribution in [0, 0.1) is 0 Å². The molecule has 0 saturated heterocycles. The van der Waals surface area contributed by atoms with E-state index in [1.54, 1.807) is 0 Å². The van der Waals surface area contributed by atoms with Crippen molar-refractivity contribution in [2.24, 2.45) is 0 Å². The summed E-state index contributed by atoms with van der Waals surface area (Å²) in [5, 5.41) is 4.61. The van der Waals surface area contributed by atoms with Gasteiger partial charge in [0.15, 0.2) is 5.82 Å². The monoisotopic (exact) mass is 563 g/mol. The molecule has 0 N–H and O–H groups in total. The molecule has 0 unspecified atom stereocenters. The summed E-state index contributed by atoms with van der Waals surface area (Å²) in [5.41, 5.74) is 9.80. The van der Waals surface area contributed by atoms with Gasteiger partial charge in [0.2, 0.25) is 0 Å². The number of rotatable bonds is 4. The highest BCUT2D eigenvalue weighted by Gasteiger charge is 2.20. The van der Waals surface area contributed by atoms with E-state index >= 15 is 0 Å². The summed E-state index contributed by atoms with van der Waals surface area (Å²) in [4.78, 5) is 10.3. The van der Waals surface area contributed by atoms with Crippen molar-refractivity contribution in [2.45, 2.75) is 0 Å². The lowest BCUT2D eigenvalue weighted by atomic mass is 10.1. The lowest BCUT2D eigenvalue weighted by molar-refractivity contribution is 0.669. The van der Waals surface area contributed by atoms with Crippen molar-refractivity contribution in [2.75, 3.05) is 0 Å². The Hall–Kier alpha value is -6.00.